The number of carboxylic acid groups (broad SMARTS) is 1. The summed E-state index contributed by atoms with van der Waals surface area (Å²) in [7, 11) is 0. The zero-order valence-corrected chi connectivity index (χ0v) is 12.9. The van der Waals surface area contributed by atoms with Gasteiger partial charge in [0.05, 0.1) is 23.5 Å². The highest BCUT2D eigenvalue weighted by molar-refractivity contribution is 9.10. The van der Waals surface area contributed by atoms with Gasteiger partial charge in [0, 0.05) is 16.7 Å². The van der Waals surface area contributed by atoms with Crippen molar-refractivity contribution in [1.29, 1.82) is 0 Å². The molecule has 0 amide bonds. The average Bonchev–Trinajstić information content (AvgIpc) is 2.76. The molecule has 0 spiro atoms. The van der Waals surface area contributed by atoms with E-state index in [2.05, 4.69) is 26.3 Å². The molecular formula is C14H16BrN3O2. The lowest BCUT2D eigenvalue weighted by Crippen LogP contribution is -2.08. The zero-order valence-electron chi connectivity index (χ0n) is 11.4. The van der Waals surface area contributed by atoms with Crippen LogP contribution in [0.5, 0.6) is 0 Å². The van der Waals surface area contributed by atoms with Crippen molar-refractivity contribution in [2.75, 3.05) is 5.32 Å². The number of halogens is 1. The molecule has 2 aromatic rings. The van der Waals surface area contributed by atoms with Gasteiger partial charge in [-0.25, -0.2) is 4.79 Å². The number of hydrogen-bond donors (Lipinski definition) is 2. The van der Waals surface area contributed by atoms with Crippen LogP contribution in [0.4, 0.5) is 5.69 Å². The number of aromatic nitrogens is 2. The number of anilines is 1. The van der Waals surface area contributed by atoms with Crippen molar-refractivity contribution in [2.45, 2.75) is 26.9 Å². The van der Waals surface area contributed by atoms with Gasteiger partial charge in [0.1, 0.15) is 0 Å². The van der Waals surface area contributed by atoms with E-state index in [1.54, 1.807) is 12.1 Å². The third-order valence-corrected chi connectivity index (χ3v) is 3.36. The number of carboxylic acids is 1. The van der Waals surface area contributed by atoms with Crippen LogP contribution in [-0.4, -0.2) is 20.9 Å². The van der Waals surface area contributed by atoms with E-state index in [1.807, 2.05) is 30.7 Å². The Labute approximate surface area is 125 Å². The fourth-order valence-corrected chi connectivity index (χ4v) is 2.52. The molecule has 20 heavy (non-hydrogen) atoms. The van der Waals surface area contributed by atoms with Gasteiger partial charge in [-0.2, -0.15) is 5.10 Å². The number of aryl methyl sites for hydroxylation is 2. The molecule has 0 unspecified atom stereocenters. The van der Waals surface area contributed by atoms with Gasteiger partial charge >= 0.3 is 5.97 Å². The monoisotopic (exact) mass is 337 g/mol. The van der Waals surface area contributed by atoms with E-state index in [0.29, 0.717) is 6.54 Å². The Hall–Kier alpha value is -1.82. The minimum absolute atomic E-state index is 0.252. The van der Waals surface area contributed by atoms with Crippen LogP contribution in [0, 0.1) is 6.92 Å². The van der Waals surface area contributed by atoms with Crippen molar-refractivity contribution in [2.24, 2.45) is 0 Å². The van der Waals surface area contributed by atoms with Crippen LogP contribution in [0.1, 0.15) is 28.7 Å². The predicted octanol–water partition coefficient (Wildman–Crippen LogP) is 3.28. The summed E-state index contributed by atoms with van der Waals surface area (Å²) in [6, 6.07) is 7.07. The summed E-state index contributed by atoms with van der Waals surface area (Å²) in [5.74, 6) is -0.941. The Kier molecular flexibility index (Phi) is 4.44. The van der Waals surface area contributed by atoms with Crippen molar-refractivity contribution in [3.63, 3.8) is 0 Å². The van der Waals surface area contributed by atoms with Crippen molar-refractivity contribution in [3.05, 3.63) is 45.7 Å². The highest BCUT2D eigenvalue weighted by atomic mass is 79.9. The molecule has 0 saturated heterocycles. The summed E-state index contributed by atoms with van der Waals surface area (Å²) in [5, 5.41) is 16.7. The largest absolute Gasteiger partial charge is 0.478 e. The SMILES string of the molecule is CCn1nc(C)cc1CNc1cc(Br)cc(C(=O)O)c1. The van der Waals surface area contributed by atoms with E-state index in [9.17, 15) is 4.79 Å². The van der Waals surface area contributed by atoms with E-state index in [1.165, 1.54) is 0 Å². The summed E-state index contributed by atoms with van der Waals surface area (Å²) in [5.41, 5.74) is 3.06. The lowest BCUT2D eigenvalue weighted by Gasteiger charge is -2.09. The molecule has 1 aromatic carbocycles. The second kappa shape index (κ2) is 6.09. The number of rotatable bonds is 5. The minimum atomic E-state index is -0.941. The predicted molar refractivity (Wildman–Crippen MR) is 81.1 cm³/mol. The standard InChI is InChI=1S/C14H16BrN3O2/c1-3-18-13(4-9(2)17-18)8-16-12-6-10(14(19)20)5-11(15)7-12/h4-7,16H,3,8H2,1-2H3,(H,19,20). The van der Waals surface area contributed by atoms with Crippen LogP contribution < -0.4 is 5.32 Å². The van der Waals surface area contributed by atoms with Gasteiger partial charge in [-0.3, -0.25) is 4.68 Å². The van der Waals surface area contributed by atoms with Crippen LogP contribution in [0.2, 0.25) is 0 Å². The molecule has 6 heteroatoms. The summed E-state index contributed by atoms with van der Waals surface area (Å²) >= 11 is 3.32. The second-order valence-electron chi connectivity index (χ2n) is 4.48. The van der Waals surface area contributed by atoms with Crippen LogP contribution in [-0.2, 0) is 13.1 Å². The summed E-state index contributed by atoms with van der Waals surface area (Å²) in [4.78, 5) is 11.0. The Morgan fingerprint density at radius 2 is 2.15 bits per heavy atom. The smallest absolute Gasteiger partial charge is 0.335 e. The third kappa shape index (κ3) is 3.39. The maximum atomic E-state index is 11.0. The van der Waals surface area contributed by atoms with Gasteiger partial charge < -0.3 is 10.4 Å². The molecule has 0 atom stereocenters. The number of nitrogens with zero attached hydrogens (tertiary/aromatic N) is 2. The van der Waals surface area contributed by atoms with E-state index in [-0.39, 0.29) is 5.56 Å². The third-order valence-electron chi connectivity index (χ3n) is 2.90. The highest BCUT2D eigenvalue weighted by Gasteiger charge is 2.07. The Morgan fingerprint density at radius 1 is 1.40 bits per heavy atom. The Bertz CT molecular complexity index is 637. The van der Waals surface area contributed by atoms with Gasteiger partial charge in [0.15, 0.2) is 0 Å². The van der Waals surface area contributed by atoms with Crippen LogP contribution in [0.25, 0.3) is 0 Å². The van der Waals surface area contributed by atoms with Crippen LogP contribution in [0.15, 0.2) is 28.7 Å². The number of aromatic carboxylic acids is 1. The van der Waals surface area contributed by atoms with Crippen molar-refractivity contribution in [3.8, 4) is 0 Å². The van der Waals surface area contributed by atoms with Gasteiger partial charge in [-0.15, -0.1) is 0 Å². The number of hydrogen-bond acceptors (Lipinski definition) is 3. The number of nitrogens with one attached hydrogen (secondary N) is 1. The van der Waals surface area contributed by atoms with E-state index in [4.69, 9.17) is 5.11 Å². The number of benzene rings is 1. The molecule has 0 bridgehead atoms. The molecule has 1 heterocycles. The minimum Gasteiger partial charge on any atom is -0.478 e. The number of carbonyl (C=O) groups is 1. The Balaban J connectivity index is 2.16. The Morgan fingerprint density at radius 3 is 2.80 bits per heavy atom. The summed E-state index contributed by atoms with van der Waals surface area (Å²) < 4.78 is 2.67. The quantitative estimate of drug-likeness (QED) is 0.878. The average molecular weight is 338 g/mol. The van der Waals surface area contributed by atoms with Crippen LogP contribution in [0.3, 0.4) is 0 Å². The normalized spacial score (nSPS) is 10.6. The lowest BCUT2D eigenvalue weighted by atomic mass is 10.2. The van der Waals surface area contributed by atoms with Crippen molar-refractivity contribution < 1.29 is 9.90 Å². The molecule has 2 N–H and O–H groups in total. The topological polar surface area (TPSA) is 67.2 Å². The first-order valence-electron chi connectivity index (χ1n) is 6.30. The van der Waals surface area contributed by atoms with Crippen molar-refractivity contribution in [1.82, 2.24) is 9.78 Å². The first-order chi connectivity index (χ1) is 9.49. The lowest BCUT2D eigenvalue weighted by molar-refractivity contribution is 0.0697. The molecule has 1 aromatic heterocycles. The van der Waals surface area contributed by atoms with Gasteiger partial charge in [0.25, 0.3) is 0 Å². The fraction of sp³-hybridized carbons (Fsp3) is 0.286. The van der Waals surface area contributed by atoms with E-state index >= 15 is 0 Å². The molecule has 0 saturated carbocycles. The molecule has 5 nitrogen and oxygen atoms in total. The second-order valence-corrected chi connectivity index (χ2v) is 5.40. The van der Waals surface area contributed by atoms with Crippen molar-refractivity contribution >= 4 is 27.6 Å². The summed E-state index contributed by atoms with van der Waals surface area (Å²) in [6.07, 6.45) is 0. The summed E-state index contributed by atoms with van der Waals surface area (Å²) in [6.45, 7) is 5.41. The van der Waals surface area contributed by atoms with Gasteiger partial charge in [-0.05, 0) is 38.1 Å². The van der Waals surface area contributed by atoms with Gasteiger partial charge in [-0.1, -0.05) is 15.9 Å². The highest BCUT2D eigenvalue weighted by Crippen LogP contribution is 2.20. The van der Waals surface area contributed by atoms with Crippen LogP contribution >= 0.6 is 15.9 Å². The van der Waals surface area contributed by atoms with E-state index < -0.39 is 5.97 Å². The van der Waals surface area contributed by atoms with E-state index in [0.717, 1.165) is 28.1 Å². The molecular weight excluding hydrogens is 322 g/mol. The molecule has 0 fully saturated rings. The fourth-order valence-electron chi connectivity index (χ4n) is 2.02. The maximum Gasteiger partial charge on any atom is 0.335 e. The molecule has 0 radical (unpaired) electrons. The van der Waals surface area contributed by atoms with Gasteiger partial charge in [0.2, 0.25) is 0 Å². The molecule has 2 rings (SSSR count). The molecule has 0 aliphatic rings. The molecule has 0 aliphatic carbocycles. The first kappa shape index (κ1) is 14.6. The maximum absolute atomic E-state index is 11.0. The molecule has 106 valence electrons. The molecule has 0 aliphatic heterocycles. The first-order valence-corrected chi connectivity index (χ1v) is 7.10. The zero-order chi connectivity index (χ0) is 14.7.